The number of nitrogens with zero attached hydrogens (tertiary/aromatic N) is 4. The van der Waals surface area contributed by atoms with Crippen molar-refractivity contribution in [1.29, 1.82) is 0 Å². The molecule has 0 saturated carbocycles. The summed E-state index contributed by atoms with van der Waals surface area (Å²) in [4.78, 5) is 5.83. The lowest BCUT2D eigenvalue weighted by Crippen LogP contribution is -2.00. The topological polar surface area (TPSA) is 69.6 Å². The van der Waals surface area contributed by atoms with Crippen molar-refractivity contribution >= 4 is 22.6 Å². The number of aryl methyl sites for hydroxylation is 2. The largest absolute Gasteiger partial charge is 0.326 e. The van der Waals surface area contributed by atoms with E-state index in [1.165, 1.54) is 11.5 Å². The first-order valence-corrected chi connectivity index (χ1v) is 7.50. The Hall–Kier alpha value is -1.79. The number of rotatable bonds is 4. The van der Waals surface area contributed by atoms with Crippen molar-refractivity contribution in [2.24, 2.45) is 5.73 Å². The van der Waals surface area contributed by atoms with Crippen molar-refractivity contribution < 1.29 is 0 Å². The molecule has 0 fully saturated rings. The zero-order valence-electron chi connectivity index (χ0n) is 11.6. The molecule has 2 N–H and O–H groups in total. The maximum absolute atomic E-state index is 5.71. The number of benzene rings is 1. The molecule has 5 nitrogen and oxygen atoms in total. The highest BCUT2D eigenvalue weighted by atomic mass is 32.1. The molecule has 6 heteroatoms. The van der Waals surface area contributed by atoms with Gasteiger partial charge in [-0.25, -0.2) is 4.98 Å². The number of nitrogens with two attached hydrogens (primary N) is 1. The number of imidazole rings is 1. The van der Waals surface area contributed by atoms with Crippen LogP contribution in [0.2, 0.25) is 0 Å². The maximum atomic E-state index is 5.71. The summed E-state index contributed by atoms with van der Waals surface area (Å²) in [6.45, 7) is 5.61. The third-order valence-electron chi connectivity index (χ3n) is 3.35. The molecule has 0 aliphatic carbocycles. The van der Waals surface area contributed by atoms with E-state index in [2.05, 4.69) is 39.3 Å². The first kappa shape index (κ1) is 13.2. The monoisotopic (exact) mass is 287 g/mol. The molecular weight excluding hydrogens is 270 g/mol. The Labute approximate surface area is 121 Å². The van der Waals surface area contributed by atoms with Gasteiger partial charge in [0.1, 0.15) is 4.88 Å². The summed E-state index contributed by atoms with van der Waals surface area (Å²) < 4.78 is 6.27. The standard InChI is InChI=1S/C14H17N5S/c1-3-6-19-12-5-4-10(8-15)7-11(12)16-14(19)13-9(2)17-18-20-13/h4-5,7H,3,6,8,15H2,1-2H3. The van der Waals surface area contributed by atoms with Gasteiger partial charge in [-0.15, -0.1) is 5.10 Å². The van der Waals surface area contributed by atoms with Crippen LogP contribution in [0.1, 0.15) is 24.6 Å². The molecule has 0 aliphatic heterocycles. The van der Waals surface area contributed by atoms with Gasteiger partial charge in [0, 0.05) is 13.1 Å². The van der Waals surface area contributed by atoms with Crippen LogP contribution in [0.5, 0.6) is 0 Å². The summed E-state index contributed by atoms with van der Waals surface area (Å²) in [6, 6.07) is 6.24. The molecule has 1 aromatic carbocycles. The van der Waals surface area contributed by atoms with Crippen molar-refractivity contribution in [1.82, 2.24) is 19.1 Å². The van der Waals surface area contributed by atoms with Gasteiger partial charge in [-0.1, -0.05) is 17.5 Å². The third-order valence-corrected chi connectivity index (χ3v) is 4.17. The molecule has 0 saturated heterocycles. The summed E-state index contributed by atoms with van der Waals surface area (Å²) in [7, 11) is 0. The lowest BCUT2D eigenvalue weighted by atomic mass is 10.2. The molecule has 0 aliphatic rings. The predicted octanol–water partition coefficient (Wildman–Crippen LogP) is 2.73. The van der Waals surface area contributed by atoms with E-state index < -0.39 is 0 Å². The van der Waals surface area contributed by atoms with Crippen molar-refractivity contribution in [3.63, 3.8) is 0 Å². The summed E-state index contributed by atoms with van der Waals surface area (Å²) in [5.41, 5.74) is 9.88. The van der Waals surface area contributed by atoms with Gasteiger partial charge in [-0.3, -0.25) is 0 Å². The molecule has 20 heavy (non-hydrogen) atoms. The minimum Gasteiger partial charge on any atom is -0.326 e. The number of aromatic nitrogens is 4. The van der Waals surface area contributed by atoms with Crippen LogP contribution in [-0.4, -0.2) is 19.1 Å². The fourth-order valence-corrected chi connectivity index (χ4v) is 3.02. The number of fused-ring (bicyclic) bond motifs is 1. The quantitative estimate of drug-likeness (QED) is 0.801. The van der Waals surface area contributed by atoms with Gasteiger partial charge in [0.05, 0.1) is 16.7 Å². The molecule has 0 atom stereocenters. The van der Waals surface area contributed by atoms with Crippen molar-refractivity contribution in [3.8, 4) is 10.7 Å². The van der Waals surface area contributed by atoms with E-state index in [0.717, 1.165) is 46.0 Å². The van der Waals surface area contributed by atoms with E-state index in [4.69, 9.17) is 10.7 Å². The normalized spacial score (nSPS) is 11.3. The van der Waals surface area contributed by atoms with Gasteiger partial charge >= 0.3 is 0 Å². The zero-order chi connectivity index (χ0) is 14.1. The smallest absolute Gasteiger partial charge is 0.154 e. The van der Waals surface area contributed by atoms with Crippen LogP contribution in [0.15, 0.2) is 18.2 Å². The van der Waals surface area contributed by atoms with E-state index in [1.807, 2.05) is 6.92 Å². The molecule has 0 unspecified atom stereocenters. The van der Waals surface area contributed by atoms with Gasteiger partial charge in [-0.05, 0) is 42.6 Å². The minimum absolute atomic E-state index is 0.535. The van der Waals surface area contributed by atoms with Gasteiger partial charge in [0.15, 0.2) is 5.82 Å². The van der Waals surface area contributed by atoms with Crippen molar-refractivity contribution in [3.05, 3.63) is 29.5 Å². The lowest BCUT2D eigenvalue weighted by molar-refractivity contribution is 0.704. The first-order valence-electron chi connectivity index (χ1n) is 6.73. The van der Waals surface area contributed by atoms with Gasteiger partial charge in [-0.2, -0.15) is 0 Å². The molecule has 2 aromatic heterocycles. The molecule has 2 heterocycles. The third kappa shape index (κ3) is 2.10. The van der Waals surface area contributed by atoms with Crippen LogP contribution < -0.4 is 5.73 Å². The Morgan fingerprint density at radius 1 is 1.35 bits per heavy atom. The zero-order valence-corrected chi connectivity index (χ0v) is 12.4. The summed E-state index contributed by atoms with van der Waals surface area (Å²) in [6.07, 6.45) is 1.06. The number of hydrogen-bond acceptors (Lipinski definition) is 5. The Balaban J connectivity index is 2.25. The Morgan fingerprint density at radius 2 is 2.20 bits per heavy atom. The molecule has 0 spiro atoms. The minimum atomic E-state index is 0.535. The second-order valence-corrected chi connectivity index (χ2v) is 5.56. The molecule has 0 amide bonds. The highest BCUT2D eigenvalue weighted by Crippen LogP contribution is 2.29. The van der Waals surface area contributed by atoms with E-state index in [0.29, 0.717) is 6.54 Å². The van der Waals surface area contributed by atoms with Crippen molar-refractivity contribution in [2.45, 2.75) is 33.4 Å². The summed E-state index contributed by atoms with van der Waals surface area (Å²) >= 11 is 1.40. The average molecular weight is 287 g/mol. The van der Waals surface area contributed by atoms with Gasteiger partial charge in [0.25, 0.3) is 0 Å². The van der Waals surface area contributed by atoms with Gasteiger partial charge < -0.3 is 10.3 Å². The van der Waals surface area contributed by atoms with E-state index in [1.54, 1.807) is 0 Å². The van der Waals surface area contributed by atoms with Crippen LogP contribution in [0.3, 0.4) is 0 Å². The second kappa shape index (κ2) is 5.30. The van der Waals surface area contributed by atoms with E-state index in [9.17, 15) is 0 Å². The van der Waals surface area contributed by atoms with Crippen LogP contribution in [-0.2, 0) is 13.1 Å². The molecule has 3 aromatic rings. The Kier molecular flexibility index (Phi) is 3.50. The lowest BCUT2D eigenvalue weighted by Gasteiger charge is -2.06. The average Bonchev–Trinajstić information content (AvgIpc) is 3.02. The van der Waals surface area contributed by atoms with Crippen LogP contribution in [0, 0.1) is 6.92 Å². The van der Waals surface area contributed by atoms with Gasteiger partial charge in [0.2, 0.25) is 0 Å². The maximum Gasteiger partial charge on any atom is 0.154 e. The van der Waals surface area contributed by atoms with Crippen LogP contribution in [0.25, 0.3) is 21.7 Å². The summed E-state index contributed by atoms with van der Waals surface area (Å²) in [5.74, 6) is 0.962. The first-order chi connectivity index (χ1) is 9.74. The molecular formula is C14H17N5S. The number of hydrogen-bond donors (Lipinski definition) is 1. The second-order valence-electron chi connectivity index (χ2n) is 4.80. The Morgan fingerprint density at radius 3 is 2.85 bits per heavy atom. The van der Waals surface area contributed by atoms with E-state index >= 15 is 0 Å². The highest BCUT2D eigenvalue weighted by molar-refractivity contribution is 7.09. The fourth-order valence-electron chi connectivity index (χ4n) is 2.36. The molecule has 0 bridgehead atoms. The molecule has 104 valence electrons. The van der Waals surface area contributed by atoms with Crippen LogP contribution in [0.4, 0.5) is 0 Å². The molecule has 3 rings (SSSR count). The molecule has 0 radical (unpaired) electrons. The Bertz CT molecular complexity index is 743. The SMILES string of the molecule is CCCn1c(-c2snnc2C)nc2cc(CN)ccc21. The van der Waals surface area contributed by atoms with E-state index in [-0.39, 0.29) is 0 Å². The van der Waals surface area contributed by atoms with Crippen molar-refractivity contribution in [2.75, 3.05) is 0 Å². The fraction of sp³-hybridized carbons (Fsp3) is 0.357. The predicted molar refractivity (Wildman–Crippen MR) is 81.6 cm³/mol. The van der Waals surface area contributed by atoms with Crippen LogP contribution >= 0.6 is 11.5 Å². The summed E-state index contributed by atoms with van der Waals surface area (Å²) in [5, 5.41) is 4.09. The highest BCUT2D eigenvalue weighted by Gasteiger charge is 2.16.